The van der Waals surface area contributed by atoms with Crippen molar-refractivity contribution < 1.29 is 0 Å². The highest BCUT2D eigenvalue weighted by Gasteiger charge is 2.04. The van der Waals surface area contributed by atoms with Crippen LogP contribution in [0.4, 0.5) is 5.82 Å². The molecule has 0 saturated heterocycles. The van der Waals surface area contributed by atoms with Crippen LogP contribution in [0.25, 0.3) is 0 Å². The van der Waals surface area contributed by atoms with Crippen molar-refractivity contribution in [3.63, 3.8) is 0 Å². The first-order valence-electron chi connectivity index (χ1n) is 6.24. The standard InChI is InChI=1S/C15H18ClN3/c1-17-9-13-6-7-15(18-10-13)19(2)11-12-4-3-5-14(16)8-12/h3-8,10,17H,9,11H2,1-2H3. The zero-order chi connectivity index (χ0) is 13.7. The van der Waals surface area contributed by atoms with E-state index < -0.39 is 0 Å². The van der Waals surface area contributed by atoms with Crippen molar-refractivity contribution >= 4 is 17.4 Å². The van der Waals surface area contributed by atoms with E-state index in [1.165, 1.54) is 11.1 Å². The lowest BCUT2D eigenvalue weighted by atomic mass is 10.2. The molecule has 3 nitrogen and oxygen atoms in total. The van der Waals surface area contributed by atoms with Crippen LogP contribution in [0, 0.1) is 0 Å². The molecular formula is C15H18ClN3. The molecule has 0 aliphatic rings. The van der Waals surface area contributed by atoms with Gasteiger partial charge in [-0.05, 0) is 36.4 Å². The Bertz CT molecular complexity index is 525. The summed E-state index contributed by atoms with van der Waals surface area (Å²) in [5.41, 5.74) is 2.36. The summed E-state index contributed by atoms with van der Waals surface area (Å²) < 4.78 is 0. The predicted octanol–water partition coefficient (Wildman–Crippen LogP) is 3.09. The van der Waals surface area contributed by atoms with E-state index >= 15 is 0 Å². The first-order chi connectivity index (χ1) is 9.19. The summed E-state index contributed by atoms with van der Waals surface area (Å²) in [6.07, 6.45) is 1.90. The molecule has 0 unspecified atom stereocenters. The fourth-order valence-corrected chi connectivity index (χ4v) is 2.15. The summed E-state index contributed by atoms with van der Waals surface area (Å²) in [5, 5.41) is 3.88. The molecule has 1 aromatic heterocycles. The molecule has 0 aliphatic carbocycles. The Morgan fingerprint density at radius 2 is 2.05 bits per heavy atom. The van der Waals surface area contributed by atoms with Crippen molar-refractivity contribution in [2.75, 3.05) is 19.0 Å². The van der Waals surface area contributed by atoms with E-state index in [2.05, 4.69) is 27.3 Å². The third-order valence-corrected chi connectivity index (χ3v) is 3.12. The van der Waals surface area contributed by atoms with E-state index in [1.807, 2.05) is 44.6 Å². The smallest absolute Gasteiger partial charge is 0.128 e. The van der Waals surface area contributed by atoms with Crippen LogP contribution in [-0.4, -0.2) is 19.1 Å². The SMILES string of the molecule is CNCc1ccc(N(C)Cc2cccc(Cl)c2)nc1. The number of nitrogens with zero attached hydrogens (tertiary/aromatic N) is 2. The van der Waals surface area contributed by atoms with Crippen LogP contribution in [-0.2, 0) is 13.1 Å². The predicted molar refractivity (Wildman–Crippen MR) is 80.6 cm³/mol. The molecule has 0 bridgehead atoms. The topological polar surface area (TPSA) is 28.2 Å². The Balaban J connectivity index is 2.05. The minimum Gasteiger partial charge on any atom is -0.355 e. The zero-order valence-corrected chi connectivity index (χ0v) is 12.0. The molecule has 4 heteroatoms. The van der Waals surface area contributed by atoms with Crippen LogP contribution >= 0.6 is 11.6 Å². The highest BCUT2D eigenvalue weighted by molar-refractivity contribution is 6.30. The van der Waals surface area contributed by atoms with Gasteiger partial charge < -0.3 is 10.2 Å². The third kappa shape index (κ3) is 3.94. The van der Waals surface area contributed by atoms with E-state index in [4.69, 9.17) is 11.6 Å². The number of pyridine rings is 1. The van der Waals surface area contributed by atoms with E-state index in [0.717, 1.165) is 23.9 Å². The van der Waals surface area contributed by atoms with E-state index in [9.17, 15) is 0 Å². The lowest BCUT2D eigenvalue weighted by Crippen LogP contribution is -2.17. The van der Waals surface area contributed by atoms with Gasteiger partial charge in [-0.25, -0.2) is 4.98 Å². The normalized spacial score (nSPS) is 10.5. The molecule has 19 heavy (non-hydrogen) atoms. The first kappa shape index (κ1) is 13.8. The monoisotopic (exact) mass is 275 g/mol. The molecule has 0 aliphatic heterocycles. The quantitative estimate of drug-likeness (QED) is 0.909. The van der Waals surface area contributed by atoms with Gasteiger partial charge in [0.1, 0.15) is 5.82 Å². The van der Waals surface area contributed by atoms with Crippen LogP contribution in [0.15, 0.2) is 42.6 Å². The molecule has 0 amide bonds. The van der Waals surface area contributed by atoms with Crippen LogP contribution in [0.3, 0.4) is 0 Å². The second-order valence-electron chi connectivity index (χ2n) is 4.54. The Morgan fingerprint density at radius 3 is 2.68 bits per heavy atom. The van der Waals surface area contributed by atoms with E-state index in [1.54, 1.807) is 0 Å². The second kappa shape index (κ2) is 6.55. The molecule has 2 rings (SSSR count). The molecule has 100 valence electrons. The maximum atomic E-state index is 5.99. The lowest BCUT2D eigenvalue weighted by molar-refractivity contribution is 0.810. The van der Waals surface area contributed by atoms with Gasteiger partial charge >= 0.3 is 0 Å². The van der Waals surface area contributed by atoms with Crippen molar-refractivity contribution in [2.45, 2.75) is 13.1 Å². The van der Waals surface area contributed by atoms with Gasteiger partial charge in [-0.2, -0.15) is 0 Å². The second-order valence-corrected chi connectivity index (χ2v) is 4.98. The minimum atomic E-state index is 0.767. The number of halogens is 1. The number of rotatable bonds is 5. The number of aromatic nitrogens is 1. The van der Waals surface area contributed by atoms with Gasteiger partial charge in [0.15, 0.2) is 0 Å². The molecule has 0 fully saturated rings. The maximum absolute atomic E-state index is 5.99. The number of benzene rings is 1. The Hall–Kier alpha value is -1.58. The molecule has 0 spiro atoms. The number of hydrogen-bond acceptors (Lipinski definition) is 3. The fourth-order valence-electron chi connectivity index (χ4n) is 1.94. The highest BCUT2D eigenvalue weighted by atomic mass is 35.5. The molecular weight excluding hydrogens is 258 g/mol. The van der Waals surface area contributed by atoms with Gasteiger partial charge in [-0.3, -0.25) is 0 Å². The molecule has 1 N–H and O–H groups in total. The van der Waals surface area contributed by atoms with Gasteiger partial charge in [-0.1, -0.05) is 29.8 Å². The molecule has 1 aromatic carbocycles. The summed E-state index contributed by atoms with van der Waals surface area (Å²) in [7, 11) is 3.96. The summed E-state index contributed by atoms with van der Waals surface area (Å²) in [6, 6.07) is 12.0. The summed E-state index contributed by atoms with van der Waals surface area (Å²) in [5.74, 6) is 0.958. The van der Waals surface area contributed by atoms with Gasteiger partial charge in [-0.15, -0.1) is 0 Å². The maximum Gasteiger partial charge on any atom is 0.128 e. The Kier molecular flexibility index (Phi) is 4.77. The Morgan fingerprint density at radius 1 is 1.21 bits per heavy atom. The third-order valence-electron chi connectivity index (χ3n) is 2.89. The van der Waals surface area contributed by atoms with E-state index in [0.29, 0.717) is 0 Å². The summed E-state index contributed by atoms with van der Waals surface area (Å²) >= 11 is 5.99. The zero-order valence-electron chi connectivity index (χ0n) is 11.2. The van der Waals surface area contributed by atoms with Crippen molar-refractivity contribution in [1.29, 1.82) is 0 Å². The van der Waals surface area contributed by atoms with Crippen molar-refractivity contribution in [3.8, 4) is 0 Å². The fraction of sp³-hybridized carbons (Fsp3) is 0.267. The van der Waals surface area contributed by atoms with Crippen LogP contribution in [0.2, 0.25) is 5.02 Å². The van der Waals surface area contributed by atoms with Gasteiger partial charge in [0.2, 0.25) is 0 Å². The van der Waals surface area contributed by atoms with Gasteiger partial charge in [0, 0.05) is 31.4 Å². The van der Waals surface area contributed by atoms with Crippen LogP contribution in [0.1, 0.15) is 11.1 Å². The van der Waals surface area contributed by atoms with Crippen molar-refractivity contribution in [2.24, 2.45) is 0 Å². The molecule has 2 aromatic rings. The largest absolute Gasteiger partial charge is 0.355 e. The first-order valence-corrected chi connectivity index (χ1v) is 6.62. The number of anilines is 1. The number of nitrogens with one attached hydrogen (secondary N) is 1. The summed E-state index contributed by atoms with van der Waals surface area (Å²) in [4.78, 5) is 6.57. The lowest BCUT2D eigenvalue weighted by Gasteiger charge is -2.18. The van der Waals surface area contributed by atoms with Crippen molar-refractivity contribution in [3.05, 3.63) is 58.7 Å². The molecule has 0 saturated carbocycles. The van der Waals surface area contributed by atoms with E-state index in [-0.39, 0.29) is 0 Å². The average Bonchev–Trinajstić information content (AvgIpc) is 2.40. The average molecular weight is 276 g/mol. The highest BCUT2D eigenvalue weighted by Crippen LogP contribution is 2.16. The van der Waals surface area contributed by atoms with Crippen molar-refractivity contribution in [1.82, 2.24) is 10.3 Å². The van der Waals surface area contributed by atoms with Gasteiger partial charge in [0.25, 0.3) is 0 Å². The minimum absolute atomic E-state index is 0.767. The van der Waals surface area contributed by atoms with Crippen LogP contribution in [0.5, 0.6) is 0 Å². The Labute approximate surface area is 119 Å². The summed E-state index contributed by atoms with van der Waals surface area (Å²) in [6.45, 7) is 1.63. The molecule has 0 radical (unpaired) electrons. The molecule has 1 heterocycles. The number of hydrogen-bond donors (Lipinski definition) is 1. The van der Waals surface area contributed by atoms with Crippen LogP contribution < -0.4 is 10.2 Å². The van der Waals surface area contributed by atoms with Gasteiger partial charge in [0.05, 0.1) is 0 Å². The molecule has 0 atom stereocenters.